The van der Waals surface area contributed by atoms with Gasteiger partial charge in [0.1, 0.15) is 0 Å². The minimum absolute atomic E-state index is 0.540. The fourth-order valence-corrected chi connectivity index (χ4v) is 4.63. The van der Waals surface area contributed by atoms with Crippen molar-refractivity contribution in [2.45, 2.75) is 77.8 Å². The summed E-state index contributed by atoms with van der Waals surface area (Å²) in [7, 11) is 4.52. The molecule has 2 aliphatic rings. The molecule has 20 heavy (non-hydrogen) atoms. The quantitative estimate of drug-likeness (QED) is 0.840. The van der Waals surface area contributed by atoms with Gasteiger partial charge < -0.3 is 10.2 Å². The second kappa shape index (κ2) is 6.79. The van der Waals surface area contributed by atoms with Crippen LogP contribution in [0.1, 0.15) is 65.7 Å². The van der Waals surface area contributed by atoms with E-state index in [1.165, 1.54) is 51.5 Å². The Morgan fingerprint density at radius 2 is 1.95 bits per heavy atom. The molecule has 2 rings (SSSR count). The lowest BCUT2D eigenvalue weighted by Crippen LogP contribution is -2.48. The van der Waals surface area contributed by atoms with Crippen LogP contribution in [0, 0.1) is 17.3 Å². The maximum Gasteiger partial charge on any atom is 0.0105 e. The van der Waals surface area contributed by atoms with Crippen molar-refractivity contribution in [3.63, 3.8) is 0 Å². The van der Waals surface area contributed by atoms with Crippen LogP contribution < -0.4 is 5.32 Å². The molecule has 2 aliphatic carbocycles. The van der Waals surface area contributed by atoms with Crippen LogP contribution in [0.3, 0.4) is 0 Å². The third-order valence-corrected chi connectivity index (χ3v) is 5.94. The van der Waals surface area contributed by atoms with Crippen LogP contribution in [-0.4, -0.2) is 37.6 Å². The summed E-state index contributed by atoms with van der Waals surface area (Å²) >= 11 is 0. The van der Waals surface area contributed by atoms with Gasteiger partial charge in [-0.1, -0.05) is 33.6 Å². The molecule has 0 aromatic rings. The van der Waals surface area contributed by atoms with Crippen LogP contribution >= 0.6 is 0 Å². The molecule has 0 radical (unpaired) electrons. The average molecular weight is 280 g/mol. The van der Waals surface area contributed by atoms with E-state index in [4.69, 9.17) is 0 Å². The summed E-state index contributed by atoms with van der Waals surface area (Å²) in [6, 6.07) is 1.56. The Morgan fingerprint density at radius 3 is 2.60 bits per heavy atom. The van der Waals surface area contributed by atoms with Gasteiger partial charge in [0.25, 0.3) is 0 Å². The van der Waals surface area contributed by atoms with E-state index in [9.17, 15) is 0 Å². The van der Waals surface area contributed by atoms with Crippen molar-refractivity contribution in [1.29, 1.82) is 0 Å². The summed E-state index contributed by atoms with van der Waals surface area (Å²) in [4.78, 5) is 2.69. The van der Waals surface area contributed by atoms with Crippen LogP contribution in [0.2, 0.25) is 0 Å². The molecule has 0 heterocycles. The lowest BCUT2D eigenvalue weighted by molar-refractivity contribution is 0.0808. The molecule has 2 saturated carbocycles. The molecule has 0 saturated heterocycles. The summed E-state index contributed by atoms with van der Waals surface area (Å²) in [6.45, 7) is 8.62. The molecule has 118 valence electrons. The van der Waals surface area contributed by atoms with E-state index in [-0.39, 0.29) is 0 Å². The average Bonchev–Trinajstić information content (AvgIpc) is 2.38. The lowest BCUT2D eigenvalue weighted by Gasteiger charge is -2.44. The van der Waals surface area contributed by atoms with Gasteiger partial charge in [-0.2, -0.15) is 0 Å². The van der Waals surface area contributed by atoms with Gasteiger partial charge >= 0.3 is 0 Å². The fraction of sp³-hybridized carbons (Fsp3) is 1.00. The second-order valence-electron chi connectivity index (χ2n) is 8.43. The van der Waals surface area contributed by atoms with Crippen LogP contribution in [0.4, 0.5) is 0 Å². The molecule has 2 heteroatoms. The summed E-state index contributed by atoms with van der Waals surface area (Å²) in [5, 5.41) is 3.58. The van der Waals surface area contributed by atoms with Crippen LogP contribution in [-0.2, 0) is 0 Å². The highest BCUT2D eigenvalue weighted by molar-refractivity contribution is 4.90. The van der Waals surface area contributed by atoms with E-state index in [2.05, 4.69) is 45.1 Å². The van der Waals surface area contributed by atoms with Crippen molar-refractivity contribution >= 4 is 0 Å². The van der Waals surface area contributed by atoms with Crippen molar-refractivity contribution < 1.29 is 0 Å². The molecule has 4 atom stereocenters. The highest BCUT2D eigenvalue weighted by Gasteiger charge is 2.35. The summed E-state index contributed by atoms with van der Waals surface area (Å²) < 4.78 is 0. The highest BCUT2D eigenvalue weighted by atomic mass is 15.1. The molecular weight excluding hydrogens is 244 g/mol. The van der Waals surface area contributed by atoms with Gasteiger partial charge in [0.15, 0.2) is 0 Å². The largest absolute Gasteiger partial charge is 0.317 e. The molecule has 0 aromatic heterocycles. The molecule has 1 N–H and O–H groups in total. The maximum absolute atomic E-state index is 3.58. The summed E-state index contributed by atoms with van der Waals surface area (Å²) in [5.41, 5.74) is 0.540. The number of hydrogen-bond donors (Lipinski definition) is 1. The standard InChI is InChI=1S/C18H36N2/c1-14-7-6-8-16(11-14)20(5)13-15-12-18(2,3)10-9-17(15)19-4/h14-17,19H,6-13H2,1-5H3. The first kappa shape index (κ1) is 16.3. The van der Waals surface area contributed by atoms with E-state index in [0.29, 0.717) is 5.41 Å². The van der Waals surface area contributed by atoms with Gasteiger partial charge in [-0.25, -0.2) is 0 Å². The van der Waals surface area contributed by atoms with Gasteiger partial charge in [-0.05, 0) is 63.5 Å². The third-order valence-electron chi connectivity index (χ3n) is 5.94. The van der Waals surface area contributed by atoms with E-state index in [1.807, 2.05) is 0 Å². The normalized spacial score (nSPS) is 38.1. The minimum atomic E-state index is 0.540. The molecule has 0 amide bonds. The Morgan fingerprint density at radius 1 is 1.20 bits per heavy atom. The summed E-state index contributed by atoms with van der Waals surface area (Å²) in [6.07, 6.45) is 9.81. The first-order chi connectivity index (χ1) is 9.41. The molecule has 4 unspecified atom stereocenters. The lowest BCUT2D eigenvalue weighted by atomic mass is 9.69. The van der Waals surface area contributed by atoms with Gasteiger partial charge in [0, 0.05) is 18.6 Å². The maximum atomic E-state index is 3.58. The van der Waals surface area contributed by atoms with Gasteiger partial charge in [0.2, 0.25) is 0 Å². The zero-order chi connectivity index (χ0) is 14.8. The SMILES string of the molecule is CNC1CCC(C)(C)CC1CN(C)C1CCCC(C)C1. The van der Waals surface area contributed by atoms with Crippen LogP contribution in [0.25, 0.3) is 0 Å². The zero-order valence-electron chi connectivity index (χ0n) is 14.4. The van der Waals surface area contributed by atoms with Crippen molar-refractivity contribution in [3.05, 3.63) is 0 Å². The Kier molecular flexibility index (Phi) is 5.53. The Labute approximate surface area is 126 Å². The van der Waals surface area contributed by atoms with Crippen molar-refractivity contribution in [3.8, 4) is 0 Å². The number of rotatable bonds is 4. The minimum Gasteiger partial charge on any atom is -0.317 e. The van der Waals surface area contributed by atoms with Crippen molar-refractivity contribution in [1.82, 2.24) is 10.2 Å². The first-order valence-corrected chi connectivity index (χ1v) is 8.79. The van der Waals surface area contributed by atoms with Gasteiger partial charge in [0.05, 0.1) is 0 Å². The molecular formula is C18H36N2. The van der Waals surface area contributed by atoms with Gasteiger partial charge in [-0.15, -0.1) is 0 Å². The molecule has 0 bridgehead atoms. The summed E-state index contributed by atoms with van der Waals surface area (Å²) in [5.74, 6) is 1.75. The van der Waals surface area contributed by atoms with E-state index in [0.717, 1.165) is 23.9 Å². The molecule has 2 fully saturated rings. The number of nitrogens with one attached hydrogen (secondary N) is 1. The molecule has 0 spiro atoms. The topological polar surface area (TPSA) is 15.3 Å². The molecule has 0 aliphatic heterocycles. The van der Waals surface area contributed by atoms with E-state index in [1.54, 1.807) is 0 Å². The first-order valence-electron chi connectivity index (χ1n) is 8.79. The number of nitrogens with zero attached hydrogens (tertiary/aromatic N) is 1. The highest BCUT2D eigenvalue weighted by Crippen LogP contribution is 2.39. The van der Waals surface area contributed by atoms with E-state index < -0.39 is 0 Å². The van der Waals surface area contributed by atoms with Crippen LogP contribution in [0.5, 0.6) is 0 Å². The smallest absolute Gasteiger partial charge is 0.0105 e. The Bertz CT molecular complexity index is 300. The monoisotopic (exact) mass is 280 g/mol. The van der Waals surface area contributed by atoms with Crippen LogP contribution in [0.15, 0.2) is 0 Å². The van der Waals surface area contributed by atoms with Crippen molar-refractivity contribution in [2.24, 2.45) is 17.3 Å². The number of hydrogen-bond acceptors (Lipinski definition) is 2. The molecule has 2 nitrogen and oxygen atoms in total. The van der Waals surface area contributed by atoms with Gasteiger partial charge in [-0.3, -0.25) is 0 Å². The predicted molar refractivity (Wildman–Crippen MR) is 88.0 cm³/mol. The third kappa shape index (κ3) is 4.21. The van der Waals surface area contributed by atoms with Crippen molar-refractivity contribution in [2.75, 3.05) is 20.6 Å². The predicted octanol–water partition coefficient (Wildman–Crippen LogP) is 3.91. The fourth-order valence-electron chi connectivity index (χ4n) is 4.63. The molecule has 0 aromatic carbocycles. The Balaban J connectivity index is 1.91. The van der Waals surface area contributed by atoms with E-state index >= 15 is 0 Å². The second-order valence-corrected chi connectivity index (χ2v) is 8.43. The zero-order valence-corrected chi connectivity index (χ0v) is 14.4. The Hall–Kier alpha value is -0.0800.